The molecule has 0 aliphatic rings. The molecule has 0 radical (unpaired) electrons. The molecule has 0 aliphatic carbocycles. The highest BCUT2D eigenvalue weighted by molar-refractivity contribution is 7.99. The molecule has 22 heavy (non-hydrogen) atoms. The van der Waals surface area contributed by atoms with Gasteiger partial charge in [0.05, 0.1) is 5.75 Å². The number of anilines is 1. The molecule has 7 heteroatoms. The van der Waals surface area contributed by atoms with Crippen molar-refractivity contribution in [1.29, 1.82) is 0 Å². The average Bonchev–Trinajstić information content (AvgIpc) is 2.50. The molecule has 2 rings (SSSR count). The highest BCUT2D eigenvalue weighted by atomic mass is 32.2. The van der Waals surface area contributed by atoms with Crippen molar-refractivity contribution in [2.45, 2.75) is 18.0 Å². The molecule has 1 aromatic carbocycles. The third-order valence-corrected chi connectivity index (χ3v) is 3.76. The standard InChI is InChI=1S/C15H18N4O2S/c16-12-9-13(20)19-15(18-12)22-10-14(21)17-8-4-7-11-5-2-1-3-6-11/h1-3,5-6,9H,4,7-8,10H2,(H,17,21)(H3,16,18,19,20). The first-order chi connectivity index (χ1) is 10.6. The average molecular weight is 318 g/mol. The predicted molar refractivity (Wildman–Crippen MR) is 87.8 cm³/mol. The molecule has 116 valence electrons. The van der Waals surface area contributed by atoms with Gasteiger partial charge in [-0.25, -0.2) is 4.98 Å². The molecule has 4 N–H and O–H groups in total. The normalized spacial score (nSPS) is 10.4. The lowest BCUT2D eigenvalue weighted by atomic mass is 10.1. The van der Waals surface area contributed by atoms with Gasteiger partial charge >= 0.3 is 0 Å². The van der Waals surface area contributed by atoms with Crippen molar-refractivity contribution in [3.63, 3.8) is 0 Å². The summed E-state index contributed by atoms with van der Waals surface area (Å²) in [4.78, 5) is 29.4. The van der Waals surface area contributed by atoms with Crippen LogP contribution in [0.3, 0.4) is 0 Å². The number of hydrogen-bond acceptors (Lipinski definition) is 5. The number of rotatable bonds is 7. The van der Waals surface area contributed by atoms with Crippen molar-refractivity contribution in [3.05, 3.63) is 52.3 Å². The van der Waals surface area contributed by atoms with E-state index in [1.807, 2.05) is 18.2 Å². The number of nitrogens with zero attached hydrogens (tertiary/aromatic N) is 1. The first kappa shape index (κ1) is 16.1. The van der Waals surface area contributed by atoms with E-state index < -0.39 is 0 Å². The van der Waals surface area contributed by atoms with Crippen LogP contribution in [0.1, 0.15) is 12.0 Å². The van der Waals surface area contributed by atoms with Crippen LogP contribution in [0, 0.1) is 0 Å². The zero-order valence-electron chi connectivity index (χ0n) is 12.0. The highest BCUT2D eigenvalue weighted by Crippen LogP contribution is 2.11. The van der Waals surface area contributed by atoms with Crippen LogP contribution in [0.4, 0.5) is 5.82 Å². The van der Waals surface area contributed by atoms with Gasteiger partial charge in [0.1, 0.15) is 5.82 Å². The molecule has 0 aliphatic heterocycles. The van der Waals surface area contributed by atoms with Crippen molar-refractivity contribution in [2.24, 2.45) is 0 Å². The Kier molecular flexibility index (Phi) is 6.02. The first-order valence-corrected chi connectivity index (χ1v) is 7.92. The molecule has 2 aromatic rings. The highest BCUT2D eigenvalue weighted by Gasteiger charge is 2.05. The summed E-state index contributed by atoms with van der Waals surface area (Å²) in [6, 6.07) is 11.3. The van der Waals surface area contributed by atoms with Crippen LogP contribution in [-0.2, 0) is 11.2 Å². The van der Waals surface area contributed by atoms with E-state index in [0.29, 0.717) is 11.7 Å². The molecule has 1 heterocycles. The van der Waals surface area contributed by atoms with Crippen LogP contribution >= 0.6 is 11.8 Å². The number of hydrogen-bond donors (Lipinski definition) is 3. The van der Waals surface area contributed by atoms with Gasteiger partial charge in [-0.15, -0.1) is 0 Å². The Morgan fingerprint density at radius 3 is 2.82 bits per heavy atom. The van der Waals surface area contributed by atoms with E-state index in [0.717, 1.165) is 24.6 Å². The number of aryl methyl sites for hydroxylation is 1. The number of nitrogen functional groups attached to an aromatic ring is 1. The molecule has 0 fully saturated rings. The van der Waals surface area contributed by atoms with Crippen molar-refractivity contribution in [2.75, 3.05) is 18.0 Å². The predicted octanol–water partition coefficient (Wildman–Crippen LogP) is 1.19. The maximum Gasteiger partial charge on any atom is 0.253 e. The summed E-state index contributed by atoms with van der Waals surface area (Å²) in [5, 5.41) is 3.19. The molecule has 0 atom stereocenters. The molecular formula is C15H18N4O2S. The fraction of sp³-hybridized carbons (Fsp3) is 0.267. The number of thioether (sulfide) groups is 1. The number of H-pyrrole nitrogens is 1. The summed E-state index contributed by atoms with van der Waals surface area (Å²) >= 11 is 1.15. The fourth-order valence-electron chi connectivity index (χ4n) is 1.87. The summed E-state index contributed by atoms with van der Waals surface area (Å²) < 4.78 is 0. The van der Waals surface area contributed by atoms with Gasteiger partial charge in [-0.3, -0.25) is 9.59 Å². The van der Waals surface area contributed by atoms with Crippen molar-refractivity contribution in [1.82, 2.24) is 15.3 Å². The van der Waals surface area contributed by atoms with Gasteiger partial charge < -0.3 is 16.0 Å². The minimum absolute atomic E-state index is 0.0943. The molecular weight excluding hydrogens is 300 g/mol. The second kappa shape index (κ2) is 8.23. The van der Waals surface area contributed by atoms with Crippen molar-refractivity contribution in [3.8, 4) is 0 Å². The van der Waals surface area contributed by atoms with Gasteiger partial charge in [-0.05, 0) is 18.4 Å². The number of aromatic amines is 1. The lowest BCUT2D eigenvalue weighted by molar-refractivity contribution is -0.118. The Bertz CT molecular complexity index is 673. The smallest absolute Gasteiger partial charge is 0.253 e. The molecule has 0 saturated heterocycles. The first-order valence-electron chi connectivity index (χ1n) is 6.94. The number of amides is 1. The number of aromatic nitrogens is 2. The largest absolute Gasteiger partial charge is 0.383 e. The number of nitrogens with one attached hydrogen (secondary N) is 2. The van der Waals surface area contributed by atoms with Gasteiger partial charge in [0.2, 0.25) is 5.91 Å². The van der Waals surface area contributed by atoms with Gasteiger partial charge in [-0.1, -0.05) is 42.1 Å². The second-order valence-corrected chi connectivity index (χ2v) is 5.67. The SMILES string of the molecule is Nc1cc(=O)[nH]c(SCC(=O)NCCCc2ccccc2)n1. The van der Waals surface area contributed by atoms with Crippen LogP contribution in [-0.4, -0.2) is 28.2 Å². The Morgan fingerprint density at radius 2 is 2.09 bits per heavy atom. The van der Waals surface area contributed by atoms with Gasteiger partial charge in [0.15, 0.2) is 5.16 Å². The number of carbonyl (C=O) groups is 1. The molecule has 1 amide bonds. The third kappa shape index (κ3) is 5.61. The van der Waals surface area contributed by atoms with E-state index in [-0.39, 0.29) is 23.0 Å². The van der Waals surface area contributed by atoms with Gasteiger partial charge in [-0.2, -0.15) is 0 Å². The topological polar surface area (TPSA) is 101 Å². The minimum atomic E-state index is -0.321. The van der Waals surface area contributed by atoms with E-state index in [4.69, 9.17) is 5.73 Å². The van der Waals surface area contributed by atoms with Crippen LogP contribution in [0.15, 0.2) is 46.3 Å². The molecule has 1 aromatic heterocycles. The summed E-state index contributed by atoms with van der Waals surface area (Å²) in [5.41, 5.74) is 6.41. The van der Waals surface area contributed by atoms with E-state index in [9.17, 15) is 9.59 Å². The second-order valence-electron chi connectivity index (χ2n) is 4.70. The maximum absolute atomic E-state index is 11.7. The number of carbonyl (C=O) groups excluding carboxylic acids is 1. The summed E-state index contributed by atoms with van der Waals surface area (Å²) in [6.07, 6.45) is 1.81. The summed E-state index contributed by atoms with van der Waals surface area (Å²) in [5.74, 6) is 0.246. The van der Waals surface area contributed by atoms with Gasteiger partial charge in [0.25, 0.3) is 5.56 Å². The fourth-order valence-corrected chi connectivity index (χ4v) is 2.58. The van der Waals surface area contributed by atoms with E-state index >= 15 is 0 Å². The van der Waals surface area contributed by atoms with Gasteiger partial charge in [0, 0.05) is 12.6 Å². The Labute approximate surface area is 132 Å². The molecule has 6 nitrogen and oxygen atoms in total. The van der Waals surface area contributed by atoms with E-state index in [2.05, 4.69) is 27.4 Å². The van der Waals surface area contributed by atoms with Crippen molar-refractivity contribution < 1.29 is 4.79 Å². The minimum Gasteiger partial charge on any atom is -0.383 e. The monoisotopic (exact) mass is 318 g/mol. The number of nitrogens with two attached hydrogens (primary N) is 1. The van der Waals surface area contributed by atoms with E-state index in [1.165, 1.54) is 11.6 Å². The zero-order valence-corrected chi connectivity index (χ0v) is 12.9. The molecule has 0 spiro atoms. The third-order valence-electron chi connectivity index (χ3n) is 2.89. The zero-order chi connectivity index (χ0) is 15.8. The van der Waals surface area contributed by atoms with Crippen LogP contribution in [0.2, 0.25) is 0 Å². The Balaban J connectivity index is 1.66. The Hall–Kier alpha value is -2.28. The summed E-state index contributed by atoms with van der Waals surface area (Å²) in [7, 11) is 0. The van der Waals surface area contributed by atoms with Crippen LogP contribution in [0.25, 0.3) is 0 Å². The molecule has 0 bridgehead atoms. The van der Waals surface area contributed by atoms with Crippen LogP contribution < -0.4 is 16.6 Å². The van der Waals surface area contributed by atoms with Crippen LogP contribution in [0.5, 0.6) is 0 Å². The lowest BCUT2D eigenvalue weighted by Crippen LogP contribution is -2.26. The molecule has 0 saturated carbocycles. The maximum atomic E-state index is 11.7. The van der Waals surface area contributed by atoms with E-state index in [1.54, 1.807) is 0 Å². The number of benzene rings is 1. The lowest BCUT2D eigenvalue weighted by Gasteiger charge is -2.05. The van der Waals surface area contributed by atoms with Crippen molar-refractivity contribution >= 4 is 23.5 Å². The molecule has 0 unspecified atom stereocenters. The Morgan fingerprint density at radius 1 is 1.32 bits per heavy atom. The quantitative estimate of drug-likeness (QED) is 0.404. The summed E-state index contributed by atoms with van der Waals surface area (Å²) in [6.45, 7) is 0.620.